The average molecular weight is 374 g/mol. The number of hydrogen-bond donors (Lipinski definition) is 2. The van der Waals surface area contributed by atoms with Crippen molar-refractivity contribution in [2.24, 2.45) is 5.92 Å². The first-order valence-electron chi connectivity index (χ1n) is 9.23. The molecule has 1 heterocycles. The van der Waals surface area contributed by atoms with E-state index in [9.17, 15) is 14.0 Å². The van der Waals surface area contributed by atoms with Crippen LogP contribution in [0.4, 0.5) is 4.39 Å². The number of carbonyl (C=O) groups is 2. The average Bonchev–Trinajstić information content (AvgIpc) is 3.09. The second kappa shape index (κ2) is 8.79. The molecule has 144 valence electrons. The van der Waals surface area contributed by atoms with E-state index in [0.717, 1.165) is 25.7 Å². The molecular weight excluding hydrogens is 351 g/mol. The van der Waals surface area contributed by atoms with E-state index in [0.29, 0.717) is 23.6 Å². The zero-order valence-electron chi connectivity index (χ0n) is 15.0. The molecule has 1 aromatic carbocycles. The summed E-state index contributed by atoms with van der Waals surface area (Å²) >= 11 is 0. The van der Waals surface area contributed by atoms with Crippen LogP contribution in [0.2, 0.25) is 0 Å². The second-order valence-corrected chi connectivity index (χ2v) is 6.98. The smallest absolute Gasteiger partial charge is 0.303 e. The Morgan fingerprint density at radius 3 is 2.70 bits per heavy atom. The molecule has 0 aliphatic heterocycles. The molecule has 1 amide bonds. The van der Waals surface area contributed by atoms with Gasteiger partial charge in [-0.1, -0.05) is 12.8 Å². The number of carbonyl (C=O) groups excluding carboxylic acids is 1. The predicted molar refractivity (Wildman–Crippen MR) is 96.4 cm³/mol. The van der Waals surface area contributed by atoms with Crippen molar-refractivity contribution < 1.29 is 23.5 Å². The van der Waals surface area contributed by atoms with Gasteiger partial charge >= 0.3 is 5.97 Å². The molecule has 1 fully saturated rings. The summed E-state index contributed by atoms with van der Waals surface area (Å²) in [6, 6.07) is 5.80. The van der Waals surface area contributed by atoms with E-state index in [2.05, 4.69) is 10.3 Å². The number of nitrogens with one attached hydrogen (secondary N) is 1. The van der Waals surface area contributed by atoms with Crippen molar-refractivity contribution in [1.82, 2.24) is 10.3 Å². The zero-order valence-corrected chi connectivity index (χ0v) is 15.0. The van der Waals surface area contributed by atoms with E-state index in [1.165, 1.54) is 18.4 Å². The van der Waals surface area contributed by atoms with Gasteiger partial charge in [-0.15, -0.1) is 0 Å². The number of nitrogens with zero attached hydrogens (tertiary/aromatic N) is 1. The number of aliphatic carboxylic acids is 1. The number of hydrogen-bond acceptors (Lipinski definition) is 4. The molecule has 7 heteroatoms. The van der Waals surface area contributed by atoms with Crippen molar-refractivity contribution >= 4 is 11.9 Å². The molecule has 6 nitrogen and oxygen atoms in total. The van der Waals surface area contributed by atoms with Crippen LogP contribution < -0.4 is 5.32 Å². The van der Waals surface area contributed by atoms with Gasteiger partial charge in [0, 0.05) is 18.0 Å². The van der Waals surface area contributed by atoms with Crippen LogP contribution in [-0.4, -0.2) is 28.0 Å². The maximum Gasteiger partial charge on any atom is 0.303 e. The van der Waals surface area contributed by atoms with Crippen LogP contribution in [0.15, 0.2) is 34.9 Å². The zero-order chi connectivity index (χ0) is 19.2. The predicted octanol–water partition coefficient (Wildman–Crippen LogP) is 3.56. The maximum absolute atomic E-state index is 13.0. The summed E-state index contributed by atoms with van der Waals surface area (Å²) in [6.07, 6.45) is 6.15. The largest absolute Gasteiger partial charge is 0.481 e. The van der Waals surface area contributed by atoms with E-state index in [1.54, 1.807) is 12.1 Å². The molecule has 0 radical (unpaired) electrons. The summed E-state index contributed by atoms with van der Waals surface area (Å²) in [5.41, 5.74) is 1.15. The summed E-state index contributed by atoms with van der Waals surface area (Å²) in [5.74, 6) is -0.752. The molecule has 27 heavy (non-hydrogen) atoms. The first-order chi connectivity index (χ1) is 13.0. The molecule has 3 rings (SSSR count). The quantitative estimate of drug-likeness (QED) is 0.773. The fourth-order valence-corrected chi connectivity index (χ4v) is 3.59. The minimum Gasteiger partial charge on any atom is -0.481 e. The molecule has 2 unspecified atom stereocenters. The van der Waals surface area contributed by atoms with Gasteiger partial charge in [0.25, 0.3) is 0 Å². The second-order valence-electron chi connectivity index (χ2n) is 6.98. The monoisotopic (exact) mass is 374 g/mol. The van der Waals surface area contributed by atoms with Gasteiger partial charge in [0.15, 0.2) is 0 Å². The van der Waals surface area contributed by atoms with Gasteiger partial charge in [0.2, 0.25) is 11.8 Å². The summed E-state index contributed by atoms with van der Waals surface area (Å²) in [5, 5.41) is 11.9. The van der Waals surface area contributed by atoms with E-state index < -0.39 is 5.97 Å². The van der Waals surface area contributed by atoms with Gasteiger partial charge in [-0.25, -0.2) is 9.37 Å². The number of carboxylic acids is 1. The van der Waals surface area contributed by atoms with Gasteiger partial charge in [-0.3, -0.25) is 9.59 Å². The highest BCUT2D eigenvalue weighted by atomic mass is 19.1. The summed E-state index contributed by atoms with van der Waals surface area (Å²) in [7, 11) is 0. The molecule has 0 bridgehead atoms. The maximum atomic E-state index is 13.0. The molecule has 0 saturated heterocycles. The van der Waals surface area contributed by atoms with Gasteiger partial charge in [-0.05, 0) is 49.4 Å². The number of rotatable bonds is 7. The van der Waals surface area contributed by atoms with Crippen molar-refractivity contribution in [3.05, 3.63) is 42.0 Å². The first kappa shape index (κ1) is 19.1. The molecule has 2 atom stereocenters. The Bertz CT molecular complexity index is 788. The molecule has 0 spiro atoms. The van der Waals surface area contributed by atoms with Crippen LogP contribution in [0, 0.1) is 11.7 Å². The van der Waals surface area contributed by atoms with Crippen LogP contribution >= 0.6 is 0 Å². The molecule has 2 aromatic rings. The minimum atomic E-state index is -0.804. The lowest BCUT2D eigenvalue weighted by molar-refractivity contribution is -0.137. The van der Waals surface area contributed by atoms with E-state index in [1.807, 2.05) is 0 Å². The van der Waals surface area contributed by atoms with E-state index in [4.69, 9.17) is 9.52 Å². The van der Waals surface area contributed by atoms with Crippen LogP contribution in [-0.2, 0) is 16.0 Å². The van der Waals surface area contributed by atoms with Crippen LogP contribution in [0.25, 0.3) is 11.5 Å². The molecule has 1 saturated carbocycles. The Hall–Kier alpha value is -2.70. The summed E-state index contributed by atoms with van der Waals surface area (Å²) in [6.45, 7) is 0. The van der Waals surface area contributed by atoms with Crippen LogP contribution in [0.1, 0.15) is 44.2 Å². The van der Waals surface area contributed by atoms with E-state index >= 15 is 0 Å². The topological polar surface area (TPSA) is 92.4 Å². The highest BCUT2D eigenvalue weighted by Gasteiger charge is 2.27. The Kier molecular flexibility index (Phi) is 6.21. The number of aromatic nitrogens is 1. The fraction of sp³-hybridized carbons (Fsp3) is 0.450. The highest BCUT2D eigenvalue weighted by Crippen LogP contribution is 2.28. The third kappa shape index (κ3) is 5.39. The normalized spacial score (nSPS) is 19.6. The lowest BCUT2D eigenvalue weighted by Crippen LogP contribution is -2.43. The van der Waals surface area contributed by atoms with Crippen LogP contribution in [0.3, 0.4) is 0 Å². The standard InChI is InChI=1S/C20H23FN2O4/c21-15-8-5-14(6-9-15)20-22-16(12-27-20)11-18(24)23-17-4-2-1-3-13(17)7-10-19(25)26/h5-6,8-9,12-13,17H,1-4,7,10-11H2,(H,23,24)(H,25,26). The lowest BCUT2D eigenvalue weighted by atomic mass is 9.81. The number of halogens is 1. The van der Waals surface area contributed by atoms with Gasteiger partial charge in [0.1, 0.15) is 12.1 Å². The Labute approximate surface area is 156 Å². The van der Waals surface area contributed by atoms with Gasteiger partial charge < -0.3 is 14.8 Å². The number of amides is 1. The minimum absolute atomic E-state index is 0.00840. The van der Waals surface area contributed by atoms with Crippen molar-refractivity contribution in [2.75, 3.05) is 0 Å². The third-order valence-corrected chi connectivity index (χ3v) is 4.97. The van der Waals surface area contributed by atoms with Gasteiger partial charge in [-0.2, -0.15) is 0 Å². The summed E-state index contributed by atoms with van der Waals surface area (Å²) in [4.78, 5) is 27.5. The van der Waals surface area contributed by atoms with E-state index in [-0.39, 0.29) is 36.5 Å². The molecular formula is C20H23FN2O4. The number of oxazole rings is 1. The van der Waals surface area contributed by atoms with Crippen molar-refractivity contribution in [2.45, 2.75) is 51.0 Å². The van der Waals surface area contributed by atoms with Crippen molar-refractivity contribution in [3.8, 4) is 11.5 Å². The van der Waals surface area contributed by atoms with Crippen molar-refractivity contribution in [1.29, 1.82) is 0 Å². The first-order valence-corrected chi connectivity index (χ1v) is 9.23. The lowest BCUT2D eigenvalue weighted by Gasteiger charge is -2.32. The van der Waals surface area contributed by atoms with Crippen molar-refractivity contribution in [3.63, 3.8) is 0 Å². The Morgan fingerprint density at radius 1 is 1.22 bits per heavy atom. The van der Waals surface area contributed by atoms with Gasteiger partial charge in [0.05, 0.1) is 12.1 Å². The molecule has 1 aliphatic carbocycles. The summed E-state index contributed by atoms with van der Waals surface area (Å²) < 4.78 is 18.4. The highest BCUT2D eigenvalue weighted by molar-refractivity contribution is 5.78. The SMILES string of the molecule is O=C(O)CCC1CCCCC1NC(=O)Cc1coc(-c2ccc(F)cc2)n1. The molecule has 1 aromatic heterocycles. The Morgan fingerprint density at radius 2 is 1.96 bits per heavy atom. The molecule has 2 N–H and O–H groups in total. The fourth-order valence-electron chi connectivity index (χ4n) is 3.59. The number of carboxylic acid groups (broad SMARTS) is 1. The number of benzene rings is 1. The Balaban J connectivity index is 1.56. The van der Waals surface area contributed by atoms with Crippen LogP contribution in [0.5, 0.6) is 0 Å². The third-order valence-electron chi connectivity index (χ3n) is 4.97. The molecule has 1 aliphatic rings.